The molecule has 98 valence electrons. The van der Waals surface area contributed by atoms with Gasteiger partial charge in [-0.2, -0.15) is 0 Å². The molecular weight excluding hydrogens is 266 g/mol. The molecule has 6 nitrogen and oxygen atoms in total. The molecule has 0 saturated carbocycles. The molecule has 0 radical (unpaired) electrons. The van der Waals surface area contributed by atoms with Crippen molar-refractivity contribution in [2.75, 3.05) is 12.8 Å². The number of hydrogen-bond donors (Lipinski definition) is 1. The number of nitrogens with zero attached hydrogens (tertiary/aromatic N) is 2. The zero-order valence-electron chi connectivity index (χ0n) is 10.1. The number of benzene rings is 1. The van der Waals surface area contributed by atoms with Crippen LogP contribution < -0.4 is 10.5 Å². The van der Waals surface area contributed by atoms with Gasteiger partial charge in [0.1, 0.15) is 11.6 Å². The zero-order valence-corrected chi connectivity index (χ0v) is 10.9. The highest BCUT2D eigenvalue weighted by atomic mass is 32.2. The third kappa shape index (κ3) is 3.14. The Morgan fingerprint density at radius 3 is 2.84 bits per heavy atom. The molecule has 1 heterocycles. The first-order valence-corrected chi connectivity index (χ1v) is 6.14. The molecular formula is C12H11N3O3S. The van der Waals surface area contributed by atoms with E-state index < -0.39 is 4.92 Å². The Kier molecular flexibility index (Phi) is 3.86. The average molecular weight is 277 g/mol. The molecule has 2 aromatic rings. The van der Waals surface area contributed by atoms with Crippen molar-refractivity contribution in [3.8, 4) is 5.75 Å². The van der Waals surface area contributed by atoms with Crippen molar-refractivity contribution in [2.24, 2.45) is 0 Å². The first-order valence-electron chi connectivity index (χ1n) is 5.33. The van der Waals surface area contributed by atoms with E-state index in [0.29, 0.717) is 5.75 Å². The SMILES string of the molecule is COc1cccc(Sc2nc(N)ccc2[N+](=O)[O-])c1. The van der Waals surface area contributed by atoms with Gasteiger partial charge in [0.15, 0.2) is 5.03 Å². The van der Waals surface area contributed by atoms with E-state index in [9.17, 15) is 10.1 Å². The number of aromatic nitrogens is 1. The highest BCUT2D eigenvalue weighted by molar-refractivity contribution is 7.99. The summed E-state index contributed by atoms with van der Waals surface area (Å²) in [5, 5.41) is 11.2. The summed E-state index contributed by atoms with van der Waals surface area (Å²) < 4.78 is 5.10. The summed E-state index contributed by atoms with van der Waals surface area (Å²) in [4.78, 5) is 15.3. The average Bonchev–Trinajstić information content (AvgIpc) is 2.38. The second-order valence-corrected chi connectivity index (χ2v) is 4.66. The first kappa shape index (κ1) is 13.2. The minimum Gasteiger partial charge on any atom is -0.497 e. The second kappa shape index (κ2) is 5.57. The van der Waals surface area contributed by atoms with Crippen molar-refractivity contribution in [3.63, 3.8) is 0 Å². The molecule has 0 atom stereocenters. The number of nitro groups is 1. The molecule has 0 aliphatic rings. The van der Waals surface area contributed by atoms with Gasteiger partial charge in [-0.05, 0) is 24.3 Å². The van der Waals surface area contributed by atoms with E-state index in [1.165, 1.54) is 23.9 Å². The Labute approximate surface area is 113 Å². The van der Waals surface area contributed by atoms with Crippen molar-refractivity contribution in [3.05, 3.63) is 46.5 Å². The molecule has 1 aromatic carbocycles. The van der Waals surface area contributed by atoms with E-state index in [-0.39, 0.29) is 16.5 Å². The van der Waals surface area contributed by atoms with Crippen LogP contribution >= 0.6 is 11.8 Å². The highest BCUT2D eigenvalue weighted by Crippen LogP contribution is 2.34. The van der Waals surface area contributed by atoms with Crippen molar-refractivity contribution >= 4 is 23.3 Å². The number of pyridine rings is 1. The van der Waals surface area contributed by atoms with Crippen LogP contribution in [0.3, 0.4) is 0 Å². The van der Waals surface area contributed by atoms with Gasteiger partial charge in [-0.3, -0.25) is 10.1 Å². The molecule has 0 saturated heterocycles. The van der Waals surface area contributed by atoms with E-state index in [1.54, 1.807) is 25.3 Å². The lowest BCUT2D eigenvalue weighted by atomic mass is 10.3. The molecule has 0 unspecified atom stereocenters. The van der Waals surface area contributed by atoms with E-state index in [1.807, 2.05) is 6.07 Å². The van der Waals surface area contributed by atoms with Crippen molar-refractivity contribution in [1.29, 1.82) is 0 Å². The zero-order chi connectivity index (χ0) is 13.8. The summed E-state index contributed by atoms with van der Waals surface area (Å²) in [5.74, 6) is 0.924. The van der Waals surface area contributed by atoms with Gasteiger partial charge in [0.25, 0.3) is 0 Å². The summed E-state index contributed by atoms with van der Waals surface area (Å²) in [5.41, 5.74) is 5.50. The van der Waals surface area contributed by atoms with Crippen molar-refractivity contribution in [2.45, 2.75) is 9.92 Å². The fraction of sp³-hybridized carbons (Fsp3) is 0.0833. The molecule has 1 aromatic heterocycles. The molecule has 0 aliphatic carbocycles. The molecule has 0 aliphatic heterocycles. The van der Waals surface area contributed by atoms with E-state index in [4.69, 9.17) is 10.5 Å². The number of hydrogen-bond acceptors (Lipinski definition) is 6. The van der Waals surface area contributed by atoms with Gasteiger partial charge in [-0.1, -0.05) is 17.8 Å². The third-order valence-electron chi connectivity index (χ3n) is 2.31. The number of nitrogen functional groups attached to an aromatic ring is 1. The minimum absolute atomic E-state index is 0.0676. The van der Waals surface area contributed by atoms with Crippen LogP contribution in [0.1, 0.15) is 0 Å². The fourth-order valence-electron chi connectivity index (χ4n) is 1.44. The van der Waals surface area contributed by atoms with Gasteiger partial charge >= 0.3 is 5.69 Å². The van der Waals surface area contributed by atoms with Crippen LogP contribution in [0.4, 0.5) is 11.5 Å². The molecule has 0 amide bonds. The molecule has 2 rings (SSSR count). The molecule has 0 fully saturated rings. The first-order chi connectivity index (χ1) is 9.10. The molecule has 19 heavy (non-hydrogen) atoms. The Morgan fingerprint density at radius 2 is 2.16 bits per heavy atom. The van der Waals surface area contributed by atoms with Crippen molar-refractivity contribution < 1.29 is 9.66 Å². The Morgan fingerprint density at radius 1 is 1.37 bits per heavy atom. The number of methoxy groups -OCH3 is 1. The van der Waals surface area contributed by atoms with Gasteiger partial charge in [-0.15, -0.1) is 0 Å². The lowest BCUT2D eigenvalue weighted by Crippen LogP contribution is -1.97. The minimum atomic E-state index is -0.477. The standard InChI is InChI=1S/C12H11N3O3S/c1-18-8-3-2-4-9(7-8)19-12-10(15(16)17)5-6-11(13)14-12/h2-7H,1H3,(H2,13,14). The van der Waals surface area contributed by atoms with Crippen LogP contribution in [0, 0.1) is 10.1 Å². The van der Waals surface area contributed by atoms with E-state index in [0.717, 1.165) is 4.90 Å². The summed E-state index contributed by atoms with van der Waals surface area (Å²) in [7, 11) is 1.56. The molecule has 0 bridgehead atoms. The predicted molar refractivity (Wildman–Crippen MR) is 72.4 cm³/mol. The van der Waals surface area contributed by atoms with Crippen LogP contribution in [0.25, 0.3) is 0 Å². The quantitative estimate of drug-likeness (QED) is 0.682. The topological polar surface area (TPSA) is 91.3 Å². The van der Waals surface area contributed by atoms with Crippen LogP contribution in [0.2, 0.25) is 0 Å². The monoisotopic (exact) mass is 277 g/mol. The van der Waals surface area contributed by atoms with Gasteiger partial charge in [0.2, 0.25) is 0 Å². The maximum Gasteiger partial charge on any atom is 0.301 e. The van der Waals surface area contributed by atoms with Crippen LogP contribution in [-0.2, 0) is 0 Å². The summed E-state index contributed by atoms with van der Waals surface area (Å²) >= 11 is 1.17. The summed E-state index contributed by atoms with van der Waals surface area (Å²) in [6, 6.07) is 9.96. The largest absolute Gasteiger partial charge is 0.497 e. The number of ether oxygens (including phenoxy) is 1. The third-order valence-corrected chi connectivity index (χ3v) is 3.30. The Hall–Kier alpha value is -2.28. The number of anilines is 1. The van der Waals surface area contributed by atoms with Gasteiger partial charge < -0.3 is 10.5 Å². The van der Waals surface area contributed by atoms with Crippen LogP contribution in [-0.4, -0.2) is 17.0 Å². The smallest absolute Gasteiger partial charge is 0.301 e. The second-order valence-electron chi connectivity index (χ2n) is 3.60. The molecule has 0 spiro atoms. The Balaban J connectivity index is 2.36. The summed E-state index contributed by atoms with van der Waals surface area (Å²) in [6.45, 7) is 0. The number of rotatable bonds is 4. The molecule has 2 N–H and O–H groups in total. The van der Waals surface area contributed by atoms with E-state index >= 15 is 0 Å². The normalized spacial score (nSPS) is 10.2. The van der Waals surface area contributed by atoms with Gasteiger partial charge in [0.05, 0.1) is 12.0 Å². The number of nitrogens with two attached hydrogens (primary N) is 1. The fourth-order valence-corrected chi connectivity index (χ4v) is 2.38. The van der Waals surface area contributed by atoms with Gasteiger partial charge in [0, 0.05) is 11.0 Å². The predicted octanol–water partition coefficient (Wildman–Crippen LogP) is 2.73. The highest BCUT2D eigenvalue weighted by Gasteiger charge is 2.16. The molecule has 7 heteroatoms. The van der Waals surface area contributed by atoms with Crippen LogP contribution in [0.15, 0.2) is 46.3 Å². The van der Waals surface area contributed by atoms with E-state index in [2.05, 4.69) is 4.98 Å². The van der Waals surface area contributed by atoms with Crippen LogP contribution in [0.5, 0.6) is 5.75 Å². The van der Waals surface area contributed by atoms with Gasteiger partial charge in [-0.25, -0.2) is 4.98 Å². The van der Waals surface area contributed by atoms with Crippen molar-refractivity contribution in [1.82, 2.24) is 4.98 Å². The lowest BCUT2D eigenvalue weighted by molar-refractivity contribution is -0.388. The maximum atomic E-state index is 10.9. The lowest BCUT2D eigenvalue weighted by Gasteiger charge is -2.05. The summed E-state index contributed by atoms with van der Waals surface area (Å²) in [6.07, 6.45) is 0. The Bertz CT molecular complexity index is 619. The maximum absolute atomic E-state index is 10.9.